The Labute approximate surface area is 194 Å². The molecule has 2 aromatic heterocycles. The molecule has 0 bridgehead atoms. The first kappa shape index (κ1) is 19.2. The highest BCUT2D eigenvalue weighted by atomic mass is 35.5. The van der Waals surface area contributed by atoms with Crippen LogP contribution in [0.4, 0.5) is 0 Å². The fraction of sp³-hybridized carbons (Fsp3) is 0. The number of benzene rings is 4. The topological polar surface area (TPSA) is 25.8 Å². The van der Waals surface area contributed by atoms with E-state index in [2.05, 4.69) is 71.7 Å². The molecule has 152 valence electrons. The van der Waals surface area contributed by atoms with E-state index in [1.54, 1.807) is 0 Å². The van der Waals surface area contributed by atoms with Crippen LogP contribution in [0.2, 0.25) is 5.15 Å². The fourth-order valence-corrected chi connectivity index (χ4v) is 5.68. The van der Waals surface area contributed by atoms with Crippen LogP contribution in [0.25, 0.3) is 53.9 Å². The van der Waals surface area contributed by atoms with Crippen molar-refractivity contribution < 1.29 is 0 Å². The molecule has 32 heavy (non-hydrogen) atoms. The summed E-state index contributed by atoms with van der Waals surface area (Å²) in [4.78, 5) is 9.35. The van der Waals surface area contributed by atoms with E-state index in [4.69, 9.17) is 16.6 Å². The van der Waals surface area contributed by atoms with E-state index in [1.807, 2.05) is 47.7 Å². The molecule has 0 saturated carbocycles. The van der Waals surface area contributed by atoms with E-state index in [-0.39, 0.29) is 0 Å². The van der Waals surface area contributed by atoms with Gasteiger partial charge in [-0.05, 0) is 11.1 Å². The number of aromatic nitrogens is 2. The van der Waals surface area contributed by atoms with Crippen molar-refractivity contribution in [1.82, 2.24) is 9.97 Å². The molecular formula is C28H17ClN2S. The number of hydrogen-bond donors (Lipinski definition) is 0. The lowest BCUT2D eigenvalue weighted by atomic mass is 10.0. The lowest BCUT2D eigenvalue weighted by Crippen LogP contribution is -1.93. The van der Waals surface area contributed by atoms with Crippen molar-refractivity contribution in [3.63, 3.8) is 0 Å². The molecule has 4 aromatic carbocycles. The van der Waals surface area contributed by atoms with Crippen LogP contribution in [0.15, 0.2) is 103 Å². The van der Waals surface area contributed by atoms with E-state index in [1.165, 1.54) is 31.3 Å². The Bertz CT molecular complexity index is 1570. The number of halogens is 1. The Morgan fingerprint density at radius 1 is 0.562 bits per heavy atom. The van der Waals surface area contributed by atoms with Gasteiger partial charge in [0, 0.05) is 37.4 Å². The predicted octanol–water partition coefficient (Wildman–Crippen LogP) is 8.50. The maximum absolute atomic E-state index is 6.44. The Morgan fingerprint density at radius 2 is 1.16 bits per heavy atom. The third-order valence-corrected chi connectivity index (χ3v) is 7.09. The van der Waals surface area contributed by atoms with Crippen molar-refractivity contribution in [2.24, 2.45) is 0 Å². The molecule has 0 aliphatic rings. The highest BCUT2D eigenvalue weighted by Crippen LogP contribution is 2.43. The molecule has 6 rings (SSSR count). The average Bonchev–Trinajstić information content (AvgIpc) is 3.24. The lowest BCUT2D eigenvalue weighted by molar-refractivity contribution is 1.18. The Balaban J connectivity index is 1.60. The smallest absolute Gasteiger partial charge is 0.161 e. The SMILES string of the molecule is Clc1cc(-c2cccc3c2sc2c(-c4ccccc4)cccc23)nc(-c2ccccc2)n1. The normalized spacial score (nSPS) is 11.3. The fourth-order valence-electron chi connectivity index (χ4n) is 4.14. The zero-order valence-corrected chi connectivity index (χ0v) is 18.6. The number of rotatable bonds is 3. The summed E-state index contributed by atoms with van der Waals surface area (Å²) >= 11 is 8.25. The predicted molar refractivity (Wildman–Crippen MR) is 136 cm³/mol. The first-order valence-electron chi connectivity index (χ1n) is 10.4. The highest BCUT2D eigenvalue weighted by molar-refractivity contribution is 7.26. The van der Waals surface area contributed by atoms with Crippen molar-refractivity contribution in [3.05, 3.63) is 108 Å². The zero-order chi connectivity index (χ0) is 21.5. The minimum Gasteiger partial charge on any atom is -0.228 e. The summed E-state index contributed by atoms with van der Waals surface area (Å²) in [6.45, 7) is 0. The van der Waals surface area contributed by atoms with Crippen LogP contribution in [-0.2, 0) is 0 Å². The molecule has 4 heteroatoms. The minimum absolute atomic E-state index is 0.442. The molecule has 0 N–H and O–H groups in total. The molecule has 0 spiro atoms. The molecular weight excluding hydrogens is 432 g/mol. The third kappa shape index (κ3) is 3.27. The van der Waals surface area contributed by atoms with E-state index in [0.29, 0.717) is 11.0 Å². The maximum atomic E-state index is 6.44. The molecule has 6 aromatic rings. The van der Waals surface area contributed by atoms with Gasteiger partial charge >= 0.3 is 0 Å². The summed E-state index contributed by atoms with van der Waals surface area (Å²) in [5.74, 6) is 0.635. The largest absolute Gasteiger partial charge is 0.228 e. The van der Waals surface area contributed by atoms with E-state index >= 15 is 0 Å². The summed E-state index contributed by atoms with van der Waals surface area (Å²) in [6.07, 6.45) is 0. The number of hydrogen-bond acceptors (Lipinski definition) is 3. The molecule has 2 heterocycles. The van der Waals surface area contributed by atoms with Crippen LogP contribution in [-0.4, -0.2) is 9.97 Å². The van der Waals surface area contributed by atoms with Crippen LogP contribution in [0.3, 0.4) is 0 Å². The molecule has 0 fully saturated rings. The quantitative estimate of drug-likeness (QED) is 0.253. The van der Waals surface area contributed by atoms with E-state index in [9.17, 15) is 0 Å². The van der Waals surface area contributed by atoms with Gasteiger partial charge in [-0.1, -0.05) is 109 Å². The second-order valence-corrected chi connectivity index (χ2v) is 9.01. The second kappa shape index (κ2) is 7.86. The molecule has 0 aliphatic heterocycles. The van der Waals surface area contributed by atoms with Crippen LogP contribution >= 0.6 is 22.9 Å². The second-order valence-electron chi connectivity index (χ2n) is 7.60. The average molecular weight is 449 g/mol. The van der Waals surface area contributed by atoms with Gasteiger partial charge in [-0.2, -0.15) is 0 Å². The van der Waals surface area contributed by atoms with E-state index < -0.39 is 0 Å². The lowest BCUT2D eigenvalue weighted by Gasteiger charge is -2.07. The Hall–Kier alpha value is -3.53. The van der Waals surface area contributed by atoms with Crippen LogP contribution in [0.1, 0.15) is 0 Å². The molecule has 0 atom stereocenters. The summed E-state index contributed by atoms with van der Waals surface area (Å²) in [5, 5.41) is 2.94. The Kier molecular flexibility index (Phi) is 4.71. The molecule has 0 amide bonds. The summed E-state index contributed by atoms with van der Waals surface area (Å²) < 4.78 is 2.49. The molecule has 0 aliphatic carbocycles. The number of nitrogens with zero attached hydrogens (tertiary/aromatic N) is 2. The molecule has 2 nitrogen and oxygen atoms in total. The van der Waals surface area contributed by atoms with Gasteiger partial charge in [0.25, 0.3) is 0 Å². The van der Waals surface area contributed by atoms with Gasteiger partial charge in [-0.25, -0.2) is 9.97 Å². The van der Waals surface area contributed by atoms with Gasteiger partial charge in [-0.15, -0.1) is 11.3 Å². The van der Waals surface area contributed by atoms with Crippen molar-refractivity contribution in [2.75, 3.05) is 0 Å². The van der Waals surface area contributed by atoms with Gasteiger partial charge in [0.15, 0.2) is 5.82 Å². The zero-order valence-electron chi connectivity index (χ0n) is 17.0. The maximum Gasteiger partial charge on any atom is 0.161 e. The number of fused-ring (bicyclic) bond motifs is 3. The highest BCUT2D eigenvalue weighted by Gasteiger charge is 2.15. The summed E-state index contributed by atoms with van der Waals surface area (Å²) in [5.41, 5.74) is 5.33. The van der Waals surface area contributed by atoms with Crippen LogP contribution in [0.5, 0.6) is 0 Å². The van der Waals surface area contributed by atoms with Gasteiger partial charge in [0.1, 0.15) is 5.15 Å². The van der Waals surface area contributed by atoms with Crippen molar-refractivity contribution in [3.8, 4) is 33.8 Å². The van der Waals surface area contributed by atoms with Crippen molar-refractivity contribution in [1.29, 1.82) is 0 Å². The summed E-state index contributed by atoms with van der Waals surface area (Å²) in [6, 6.07) is 35.3. The Morgan fingerprint density at radius 3 is 1.84 bits per heavy atom. The minimum atomic E-state index is 0.442. The van der Waals surface area contributed by atoms with Gasteiger partial charge in [-0.3, -0.25) is 0 Å². The third-order valence-electron chi connectivity index (χ3n) is 5.61. The van der Waals surface area contributed by atoms with Crippen LogP contribution in [0, 0.1) is 0 Å². The standard InChI is InChI=1S/C28H17ClN2S/c29-25-17-24(30-28(31-25)19-11-5-2-6-12-19)23-16-8-15-22-21-14-7-13-20(26(21)32-27(22)23)18-9-3-1-4-10-18/h1-17H. The first-order chi connectivity index (χ1) is 15.8. The van der Waals surface area contributed by atoms with E-state index in [0.717, 1.165) is 16.8 Å². The number of thiophene rings is 1. The van der Waals surface area contributed by atoms with Crippen LogP contribution < -0.4 is 0 Å². The first-order valence-corrected chi connectivity index (χ1v) is 11.6. The van der Waals surface area contributed by atoms with Gasteiger partial charge < -0.3 is 0 Å². The molecule has 0 radical (unpaired) electrons. The monoisotopic (exact) mass is 448 g/mol. The van der Waals surface area contributed by atoms with Crippen molar-refractivity contribution >= 4 is 43.1 Å². The molecule has 0 saturated heterocycles. The van der Waals surface area contributed by atoms with Crippen molar-refractivity contribution in [2.45, 2.75) is 0 Å². The van der Waals surface area contributed by atoms with Gasteiger partial charge in [0.2, 0.25) is 0 Å². The summed E-state index contributed by atoms with van der Waals surface area (Å²) in [7, 11) is 0. The van der Waals surface area contributed by atoms with Gasteiger partial charge in [0.05, 0.1) is 5.69 Å². The molecule has 0 unspecified atom stereocenters.